The lowest BCUT2D eigenvalue weighted by Crippen LogP contribution is -2.17. The number of nitrogens with one attached hydrogen (secondary N) is 1. The van der Waals surface area contributed by atoms with E-state index in [-0.39, 0.29) is 42.5 Å². The summed E-state index contributed by atoms with van der Waals surface area (Å²) in [6, 6.07) is 5.73. The molecule has 0 fully saturated rings. The molecule has 0 saturated carbocycles. The number of carbonyl (C=O) groups is 2. The van der Waals surface area contributed by atoms with Gasteiger partial charge in [-0.1, -0.05) is 29.3 Å². The molecule has 34 heavy (non-hydrogen) atoms. The van der Waals surface area contributed by atoms with Crippen LogP contribution >= 0.6 is 23.2 Å². The summed E-state index contributed by atoms with van der Waals surface area (Å²) >= 11 is 12.0. The zero-order chi connectivity index (χ0) is 24.2. The van der Waals surface area contributed by atoms with E-state index in [4.69, 9.17) is 23.2 Å². The Kier molecular flexibility index (Phi) is 7.18. The number of anilines is 1. The van der Waals surface area contributed by atoms with Gasteiger partial charge in [0.2, 0.25) is 5.91 Å². The minimum atomic E-state index is -0.664. The SMILES string of the molecule is O=C(Cc1ccc(Cl)cc1Cl)Nc1cncc(C(=O)c2cn(C(CO)CO)c3ncncc23)c1. The van der Waals surface area contributed by atoms with E-state index in [9.17, 15) is 19.8 Å². The van der Waals surface area contributed by atoms with Crippen molar-refractivity contribution in [1.29, 1.82) is 0 Å². The molecule has 0 aliphatic heterocycles. The molecule has 9 nitrogen and oxygen atoms in total. The first-order valence-electron chi connectivity index (χ1n) is 10.2. The Hall–Kier alpha value is -3.37. The van der Waals surface area contributed by atoms with Crippen LogP contribution in [0.5, 0.6) is 0 Å². The Labute approximate surface area is 204 Å². The fourth-order valence-electron chi connectivity index (χ4n) is 3.51. The molecule has 0 radical (unpaired) electrons. The van der Waals surface area contributed by atoms with E-state index in [2.05, 4.69) is 20.3 Å². The van der Waals surface area contributed by atoms with E-state index in [0.717, 1.165) is 0 Å². The highest BCUT2D eigenvalue weighted by molar-refractivity contribution is 6.35. The first-order valence-corrected chi connectivity index (χ1v) is 10.9. The van der Waals surface area contributed by atoms with Crippen molar-refractivity contribution in [2.75, 3.05) is 18.5 Å². The van der Waals surface area contributed by atoms with E-state index < -0.39 is 6.04 Å². The summed E-state index contributed by atoms with van der Waals surface area (Å²) in [7, 11) is 0. The van der Waals surface area contributed by atoms with Crippen molar-refractivity contribution in [1.82, 2.24) is 19.5 Å². The Bertz CT molecular complexity index is 1370. The lowest BCUT2D eigenvalue weighted by Gasteiger charge is -2.13. The van der Waals surface area contributed by atoms with Gasteiger partial charge in [0.15, 0.2) is 5.78 Å². The summed E-state index contributed by atoms with van der Waals surface area (Å²) in [6.45, 7) is -0.669. The van der Waals surface area contributed by atoms with Crippen LogP contribution in [0.15, 0.2) is 55.4 Å². The van der Waals surface area contributed by atoms with Crippen LogP contribution in [-0.4, -0.2) is 54.6 Å². The Morgan fingerprint density at radius 2 is 1.85 bits per heavy atom. The number of nitrogens with zero attached hydrogens (tertiary/aromatic N) is 4. The zero-order valence-electron chi connectivity index (χ0n) is 17.7. The number of hydrogen-bond acceptors (Lipinski definition) is 7. The molecular formula is C23H19Cl2N5O4. The van der Waals surface area contributed by atoms with Crippen molar-refractivity contribution >= 4 is 51.6 Å². The molecule has 0 aliphatic rings. The number of carbonyl (C=O) groups excluding carboxylic acids is 2. The summed E-state index contributed by atoms with van der Waals surface area (Å²) < 4.78 is 1.54. The number of hydrogen-bond donors (Lipinski definition) is 3. The van der Waals surface area contributed by atoms with Crippen LogP contribution in [0.1, 0.15) is 27.5 Å². The van der Waals surface area contributed by atoms with Crippen molar-refractivity contribution in [2.45, 2.75) is 12.5 Å². The largest absolute Gasteiger partial charge is 0.394 e. The van der Waals surface area contributed by atoms with Gasteiger partial charge in [-0.25, -0.2) is 9.97 Å². The summed E-state index contributed by atoms with van der Waals surface area (Å²) in [4.78, 5) is 38.1. The van der Waals surface area contributed by atoms with Gasteiger partial charge in [-0.3, -0.25) is 14.6 Å². The third-order valence-corrected chi connectivity index (χ3v) is 5.79. The number of pyridine rings is 1. The lowest BCUT2D eigenvalue weighted by molar-refractivity contribution is -0.115. The molecule has 3 heterocycles. The summed E-state index contributed by atoms with van der Waals surface area (Å²) in [5, 5.41) is 23.2. The number of halogens is 2. The van der Waals surface area contributed by atoms with Gasteiger partial charge < -0.3 is 20.1 Å². The summed E-state index contributed by atoms with van der Waals surface area (Å²) in [5.41, 5.74) is 1.86. The van der Waals surface area contributed by atoms with Crippen LogP contribution in [-0.2, 0) is 11.2 Å². The van der Waals surface area contributed by atoms with Gasteiger partial charge in [0, 0.05) is 39.6 Å². The molecule has 0 unspecified atom stereocenters. The molecule has 0 atom stereocenters. The highest BCUT2D eigenvalue weighted by Gasteiger charge is 2.22. The number of fused-ring (bicyclic) bond motifs is 1. The summed E-state index contributed by atoms with van der Waals surface area (Å²) in [6.07, 6.45) is 7.17. The Balaban J connectivity index is 1.59. The average Bonchev–Trinajstić information content (AvgIpc) is 3.21. The lowest BCUT2D eigenvalue weighted by atomic mass is 10.1. The molecule has 3 N–H and O–H groups in total. The summed E-state index contributed by atoms with van der Waals surface area (Å²) in [5.74, 6) is -0.716. The van der Waals surface area contributed by atoms with E-state index in [1.807, 2.05) is 0 Å². The van der Waals surface area contributed by atoms with Crippen LogP contribution in [0.3, 0.4) is 0 Å². The van der Waals surface area contributed by atoms with Gasteiger partial charge in [-0.05, 0) is 23.8 Å². The first-order chi connectivity index (χ1) is 16.4. The van der Waals surface area contributed by atoms with Gasteiger partial charge in [0.25, 0.3) is 0 Å². The second-order valence-corrected chi connectivity index (χ2v) is 8.32. The third kappa shape index (κ3) is 4.92. The number of aliphatic hydroxyl groups is 2. The first kappa shape index (κ1) is 23.8. The van der Waals surface area contributed by atoms with Gasteiger partial charge in [-0.15, -0.1) is 0 Å². The second kappa shape index (κ2) is 10.3. The number of rotatable bonds is 8. The minimum Gasteiger partial charge on any atom is -0.394 e. The fourth-order valence-corrected chi connectivity index (χ4v) is 3.99. The molecule has 3 aromatic heterocycles. The molecule has 1 amide bonds. The predicted molar refractivity (Wildman–Crippen MR) is 127 cm³/mol. The molecule has 0 saturated heterocycles. The molecule has 0 aliphatic carbocycles. The highest BCUT2D eigenvalue weighted by atomic mass is 35.5. The number of ketones is 1. The van der Waals surface area contributed by atoms with Gasteiger partial charge in [-0.2, -0.15) is 0 Å². The Morgan fingerprint density at radius 3 is 2.59 bits per heavy atom. The molecule has 0 spiro atoms. The predicted octanol–water partition coefficient (Wildman–Crippen LogP) is 3.07. The fraction of sp³-hybridized carbons (Fsp3) is 0.174. The molecule has 1 aromatic carbocycles. The highest BCUT2D eigenvalue weighted by Crippen LogP contribution is 2.26. The molecule has 4 aromatic rings. The number of amides is 1. The van der Waals surface area contributed by atoms with Crippen LogP contribution in [0.2, 0.25) is 10.0 Å². The maximum absolute atomic E-state index is 13.3. The molecular weight excluding hydrogens is 481 g/mol. The molecule has 0 bridgehead atoms. The van der Waals surface area contributed by atoms with Crippen molar-refractivity contribution < 1.29 is 19.8 Å². The maximum Gasteiger partial charge on any atom is 0.228 e. The number of benzene rings is 1. The standard InChI is InChI=1S/C23H19Cl2N5O4/c24-15-2-1-13(20(25)5-15)4-21(33)29-16-3-14(6-26-7-16)22(34)19-9-30(17(10-31)11-32)23-18(19)8-27-12-28-23/h1-3,5-9,12,17,31-32H,4,10-11H2,(H,29,33). The molecule has 4 rings (SSSR count). The quantitative estimate of drug-likeness (QED) is 0.317. The zero-order valence-corrected chi connectivity index (χ0v) is 19.2. The van der Waals surface area contributed by atoms with Crippen molar-refractivity contribution in [2.24, 2.45) is 0 Å². The molecule has 174 valence electrons. The van der Waals surface area contributed by atoms with Gasteiger partial charge in [0.1, 0.15) is 12.0 Å². The van der Waals surface area contributed by atoms with E-state index in [1.165, 1.54) is 37.2 Å². The van der Waals surface area contributed by atoms with E-state index in [0.29, 0.717) is 32.3 Å². The van der Waals surface area contributed by atoms with Crippen molar-refractivity contribution in [3.63, 3.8) is 0 Å². The monoisotopic (exact) mass is 499 g/mol. The van der Waals surface area contributed by atoms with Crippen LogP contribution in [0.4, 0.5) is 5.69 Å². The van der Waals surface area contributed by atoms with E-state index >= 15 is 0 Å². The Morgan fingerprint density at radius 1 is 1.06 bits per heavy atom. The van der Waals surface area contributed by atoms with Gasteiger partial charge in [0.05, 0.1) is 43.1 Å². The minimum absolute atomic E-state index is 0.0166. The normalized spacial score (nSPS) is 11.2. The second-order valence-electron chi connectivity index (χ2n) is 7.48. The van der Waals surface area contributed by atoms with E-state index in [1.54, 1.807) is 22.8 Å². The van der Waals surface area contributed by atoms with Gasteiger partial charge >= 0.3 is 0 Å². The third-order valence-electron chi connectivity index (χ3n) is 5.20. The van der Waals surface area contributed by atoms with Crippen molar-refractivity contribution in [3.8, 4) is 0 Å². The van der Waals surface area contributed by atoms with Crippen LogP contribution in [0.25, 0.3) is 11.0 Å². The topological polar surface area (TPSA) is 130 Å². The maximum atomic E-state index is 13.3. The van der Waals surface area contributed by atoms with Crippen LogP contribution < -0.4 is 5.32 Å². The smallest absolute Gasteiger partial charge is 0.228 e. The number of aliphatic hydroxyl groups excluding tert-OH is 2. The average molecular weight is 500 g/mol. The van der Waals surface area contributed by atoms with Crippen molar-refractivity contribution in [3.05, 3.63) is 82.1 Å². The van der Waals surface area contributed by atoms with Crippen LogP contribution in [0, 0.1) is 0 Å². The molecule has 11 heteroatoms. The number of aromatic nitrogens is 4.